The van der Waals surface area contributed by atoms with Crippen LogP contribution in [0.5, 0.6) is 0 Å². The fourth-order valence-corrected chi connectivity index (χ4v) is 2.14. The number of quaternary nitrogens is 1. The van der Waals surface area contributed by atoms with Crippen LogP contribution in [0.1, 0.15) is 10.4 Å². The van der Waals surface area contributed by atoms with Crippen molar-refractivity contribution in [2.45, 2.75) is 0 Å². The molecule has 1 amide bonds. The Kier molecular flexibility index (Phi) is 2.94. The second kappa shape index (κ2) is 4.23. The first-order chi connectivity index (χ1) is 7.63. The number of nitrogens with zero attached hydrogens (tertiary/aromatic N) is 1. The van der Waals surface area contributed by atoms with Crippen LogP contribution in [0.4, 0.5) is 5.69 Å². The monoisotopic (exact) mass is 221 g/mol. The summed E-state index contributed by atoms with van der Waals surface area (Å²) in [7, 11) is 2.12. The molecule has 4 nitrogen and oxygen atoms in total. The summed E-state index contributed by atoms with van der Waals surface area (Å²) >= 11 is 0. The molecule has 0 aliphatic carbocycles. The summed E-state index contributed by atoms with van der Waals surface area (Å²) < 4.78 is 6.08. The number of carbonyl (C=O) groups is 1. The van der Waals surface area contributed by atoms with E-state index in [9.17, 15) is 4.79 Å². The molecular weight excluding hydrogens is 204 g/mol. The number of carbonyl (C=O) groups excluding carboxylic acids is 1. The Labute approximate surface area is 95.2 Å². The highest BCUT2D eigenvalue weighted by molar-refractivity contribution is 5.98. The lowest BCUT2D eigenvalue weighted by Crippen LogP contribution is -2.53. The average molecular weight is 221 g/mol. The first-order valence-electron chi connectivity index (χ1n) is 5.45. The summed E-state index contributed by atoms with van der Waals surface area (Å²) in [5, 5.41) is 0. The second-order valence-electron chi connectivity index (χ2n) is 4.34. The topological polar surface area (TPSA) is 52.3 Å². The SMILES string of the molecule is C[N+]1(c2ccccc2C(N)=O)CCOCC1. The molecule has 1 aromatic carbocycles. The Balaban J connectivity index is 2.42. The van der Waals surface area contributed by atoms with E-state index in [4.69, 9.17) is 10.5 Å². The van der Waals surface area contributed by atoms with Gasteiger partial charge in [0.05, 0.1) is 25.8 Å². The van der Waals surface area contributed by atoms with Crippen molar-refractivity contribution in [1.29, 1.82) is 0 Å². The van der Waals surface area contributed by atoms with E-state index < -0.39 is 0 Å². The molecule has 0 saturated carbocycles. The van der Waals surface area contributed by atoms with Gasteiger partial charge in [-0.3, -0.25) is 9.28 Å². The molecule has 1 fully saturated rings. The molecular formula is C12H17N2O2+. The van der Waals surface area contributed by atoms with Gasteiger partial charge in [-0.1, -0.05) is 12.1 Å². The molecule has 0 aromatic heterocycles. The maximum Gasteiger partial charge on any atom is 0.254 e. The number of nitrogens with two attached hydrogens (primary N) is 1. The summed E-state index contributed by atoms with van der Waals surface area (Å²) in [6, 6.07) is 7.55. The number of likely N-dealkylation sites (N-methyl/N-ethyl adjacent to an activating group) is 1. The minimum Gasteiger partial charge on any atom is -0.370 e. The molecule has 0 unspecified atom stereocenters. The van der Waals surface area contributed by atoms with E-state index in [0.717, 1.165) is 36.5 Å². The minimum atomic E-state index is -0.360. The van der Waals surface area contributed by atoms with Crippen LogP contribution >= 0.6 is 0 Å². The molecule has 2 rings (SSSR count). The van der Waals surface area contributed by atoms with Crippen molar-refractivity contribution in [2.75, 3.05) is 33.4 Å². The molecule has 16 heavy (non-hydrogen) atoms. The van der Waals surface area contributed by atoms with Gasteiger partial charge in [-0.15, -0.1) is 0 Å². The van der Waals surface area contributed by atoms with Crippen molar-refractivity contribution in [3.8, 4) is 0 Å². The molecule has 1 aliphatic heterocycles. The number of ether oxygens (including phenoxy) is 1. The first-order valence-corrected chi connectivity index (χ1v) is 5.45. The van der Waals surface area contributed by atoms with Crippen LogP contribution in [0.15, 0.2) is 24.3 Å². The van der Waals surface area contributed by atoms with Gasteiger partial charge in [0.2, 0.25) is 0 Å². The van der Waals surface area contributed by atoms with E-state index in [-0.39, 0.29) is 5.91 Å². The van der Waals surface area contributed by atoms with Crippen molar-refractivity contribution in [1.82, 2.24) is 4.48 Å². The summed E-state index contributed by atoms with van der Waals surface area (Å²) in [6.45, 7) is 3.21. The predicted octanol–water partition coefficient (Wildman–Crippen LogP) is 0.753. The van der Waals surface area contributed by atoms with Crippen molar-refractivity contribution < 1.29 is 9.53 Å². The maximum atomic E-state index is 11.4. The predicted molar refractivity (Wildman–Crippen MR) is 63.2 cm³/mol. The Bertz CT molecular complexity index is 398. The Hall–Kier alpha value is -1.39. The molecule has 86 valence electrons. The molecule has 4 heteroatoms. The van der Waals surface area contributed by atoms with Gasteiger partial charge < -0.3 is 10.5 Å². The molecule has 0 bridgehead atoms. The highest BCUT2D eigenvalue weighted by Gasteiger charge is 2.31. The van der Waals surface area contributed by atoms with Gasteiger partial charge >= 0.3 is 0 Å². The van der Waals surface area contributed by atoms with E-state index in [0.29, 0.717) is 5.56 Å². The zero-order valence-corrected chi connectivity index (χ0v) is 9.48. The summed E-state index contributed by atoms with van der Waals surface area (Å²) in [5.74, 6) is -0.360. The van der Waals surface area contributed by atoms with E-state index in [1.54, 1.807) is 6.07 Å². The third kappa shape index (κ3) is 1.94. The molecule has 1 aromatic rings. The van der Waals surface area contributed by atoms with E-state index in [1.807, 2.05) is 18.2 Å². The summed E-state index contributed by atoms with van der Waals surface area (Å²) in [4.78, 5) is 11.4. The van der Waals surface area contributed by atoms with Crippen LogP contribution < -0.4 is 10.2 Å². The zero-order chi connectivity index (χ0) is 11.6. The molecule has 1 heterocycles. The van der Waals surface area contributed by atoms with E-state index >= 15 is 0 Å². The van der Waals surface area contributed by atoms with Crippen LogP contribution in [0, 0.1) is 0 Å². The van der Waals surface area contributed by atoms with E-state index in [2.05, 4.69) is 7.05 Å². The van der Waals surface area contributed by atoms with Crippen LogP contribution in [-0.2, 0) is 4.74 Å². The van der Waals surface area contributed by atoms with Gasteiger partial charge in [-0.25, -0.2) is 0 Å². The Morgan fingerprint density at radius 1 is 1.31 bits per heavy atom. The second-order valence-corrected chi connectivity index (χ2v) is 4.34. The third-order valence-electron chi connectivity index (χ3n) is 3.21. The zero-order valence-electron chi connectivity index (χ0n) is 9.48. The fourth-order valence-electron chi connectivity index (χ4n) is 2.14. The fraction of sp³-hybridized carbons (Fsp3) is 0.417. The van der Waals surface area contributed by atoms with Gasteiger partial charge in [-0.05, 0) is 12.1 Å². The quantitative estimate of drug-likeness (QED) is 0.749. The van der Waals surface area contributed by atoms with Gasteiger partial charge in [0, 0.05) is 0 Å². The van der Waals surface area contributed by atoms with Crippen LogP contribution in [-0.4, -0.2) is 39.3 Å². The molecule has 0 atom stereocenters. The lowest BCUT2D eigenvalue weighted by atomic mass is 10.1. The van der Waals surface area contributed by atoms with Crippen molar-refractivity contribution in [3.63, 3.8) is 0 Å². The standard InChI is InChI=1S/C12H16N2O2/c1-14(6-8-16-9-7-14)11-5-3-2-4-10(11)12(13)15/h2-5H,6-9H2,1H3,(H-,13,15)/p+1. The van der Waals surface area contributed by atoms with Crippen molar-refractivity contribution in [2.24, 2.45) is 5.73 Å². The number of amides is 1. The number of morpholine rings is 1. The smallest absolute Gasteiger partial charge is 0.254 e. The normalized spacial score (nSPS) is 19.3. The molecule has 0 spiro atoms. The number of hydrogen-bond acceptors (Lipinski definition) is 2. The van der Waals surface area contributed by atoms with Gasteiger partial charge in [0.15, 0.2) is 0 Å². The largest absolute Gasteiger partial charge is 0.370 e. The van der Waals surface area contributed by atoms with Crippen LogP contribution in [0.25, 0.3) is 0 Å². The number of benzene rings is 1. The lowest BCUT2D eigenvalue weighted by molar-refractivity contribution is 0.0521. The average Bonchev–Trinajstić information content (AvgIpc) is 2.30. The van der Waals surface area contributed by atoms with Crippen LogP contribution in [0.2, 0.25) is 0 Å². The number of rotatable bonds is 2. The molecule has 1 aliphatic rings. The van der Waals surface area contributed by atoms with Crippen molar-refractivity contribution in [3.05, 3.63) is 29.8 Å². The minimum absolute atomic E-state index is 0.360. The van der Waals surface area contributed by atoms with Gasteiger partial charge in [0.1, 0.15) is 18.8 Å². The number of hydrogen-bond donors (Lipinski definition) is 1. The summed E-state index contributed by atoms with van der Waals surface area (Å²) in [5.41, 5.74) is 7.02. The van der Waals surface area contributed by atoms with Gasteiger partial charge in [0.25, 0.3) is 5.91 Å². The number of primary amides is 1. The molecule has 0 radical (unpaired) electrons. The molecule has 1 saturated heterocycles. The number of para-hydroxylation sites is 1. The first kappa shape index (κ1) is 11.1. The maximum absolute atomic E-state index is 11.4. The summed E-state index contributed by atoms with van der Waals surface area (Å²) in [6.07, 6.45) is 0. The van der Waals surface area contributed by atoms with E-state index in [1.165, 1.54) is 0 Å². The Morgan fingerprint density at radius 3 is 2.56 bits per heavy atom. The van der Waals surface area contributed by atoms with Crippen LogP contribution in [0.3, 0.4) is 0 Å². The van der Waals surface area contributed by atoms with Gasteiger partial charge in [-0.2, -0.15) is 0 Å². The Morgan fingerprint density at radius 2 is 1.94 bits per heavy atom. The highest BCUT2D eigenvalue weighted by Crippen LogP contribution is 2.26. The molecule has 2 N–H and O–H groups in total. The lowest BCUT2D eigenvalue weighted by Gasteiger charge is -2.37. The highest BCUT2D eigenvalue weighted by atomic mass is 16.5. The third-order valence-corrected chi connectivity index (χ3v) is 3.21. The van der Waals surface area contributed by atoms with Crippen molar-refractivity contribution >= 4 is 11.6 Å².